The van der Waals surface area contributed by atoms with Gasteiger partial charge in [0, 0.05) is 12.0 Å². The van der Waals surface area contributed by atoms with E-state index in [0.29, 0.717) is 6.54 Å². The van der Waals surface area contributed by atoms with Gasteiger partial charge < -0.3 is 5.32 Å². The average Bonchev–Trinajstić information content (AvgIpc) is 2.30. The molecule has 2 rings (SSSR count). The second-order valence-corrected chi connectivity index (χ2v) is 4.63. The number of alkyl halides is 2. The molecule has 0 saturated carbocycles. The molecule has 4 heteroatoms. The molecule has 1 atom stereocenters. The van der Waals surface area contributed by atoms with E-state index in [2.05, 4.69) is 5.32 Å². The maximum atomic E-state index is 13.9. The molecule has 1 aromatic carbocycles. The smallest absolute Gasteiger partial charge is 0.273 e. The zero-order valence-electron chi connectivity index (χ0n) is 9.56. The fourth-order valence-electron chi connectivity index (χ4n) is 2.27. The molecule has 0 amide bonds. The Morgan fingerprint density at radius 2 is 1.94 bits per heavy atom. The summed E-state index contributed by atoms with van der Waals surface area (Å²) in [5, 5.41) is 3.12. The van der Waals surface area contributed by atoms with E-state index in [-0.39, 0.29) is 17.9 Å². The van der Waals surface area contributed by atoms with Crippen LogP contribution in [0.1, 0.15) is 24.8 Å². The maximum Gasteiger partial charge on any atom is 0.273 e. The van der Waals surface area contributed by atoms with Gasteiger partial charge in [0.2, 0.25) is 0 Å². The quantitative estimate of drug-likeness (QED) is 0.858. The van der Waals surface area contributed by atoms with Crippen molar-refractivity contribution in [2.45, 2.75) is 25.2 Å². The van der Waals surface area contributed by atoms with Gasteiger partial charge in [-0.05, 0) is 44.0 Å². The molecular formula is C13H16F3N. The summed E-state index contributed by atoms with van der Waals surface area (Å²) in [4.78, 5) is 0. The standard InChI is InChI=1S/C13H16F3N/c14-12-5-3-11(4-6-12)13(15,16)8-10-2-1-7-17-9-10/h3-6,10,17H,1-2,7-9H2. The fraction of sp³-hybridized carbons (Fsp3) is 0.538. The van der Waals surface area contributed by atoms with Crippen LogP contribution in [0.3, 0.4) is 0 Å². The van der Waals surface area contributed by atoms with E-state index in [0.717, 1.165) is 31.5 Å². The van der Waals surface area contributed by atoms with Crippen molar-refractivity contribution in [3.05, 3.63) is 35.6 Å². The lowest BCUT2D eigenvalue weighted by atomic mass is 9.90. The highest BCUT2D eigenvalue weighted by atomic mass is 19.3. The first kappa shape index (κ1) is 12.4. The van der Waals surface area contributed by atoms with Crippen LogP contribution in [0, 0.1) is 11.7 Å². The zero-order chi connectivity index (χ0) is 12.3. The van der Waals surface area contributed by atoms with Gasteiger partial charge in [-0.15, -0.1) is 0 Å². The Morgan fingerprint density at radius 3 is 2.53 bits per heavy atom. The summed E-state index contributed by atoms with van der Waals surface area (Å²) in [6.07, 6.45) is 1.62. The molecule has 94 valence electrons. The Morgan fingerprint density at radius 1 is 1.24 bits per heavy atom. The largest absolute Gasteiger partial charge is 0.316 e. The van der Waals surface area contributed by atoms with E-state index in [4.69, 9.17) is 0 Å². The Balaban J connectivity index is 2.04. The minimum absolute atomic E-state index is 0.00352. The molecule has 1 aliphatic heterocycles. The lowest BCUT2D eigenvalue weighted by Crippen LogP contribution is -2.33. The number of piperidine rings is 1. The maximum absolute atomic E-state index is 13.9. The van der Waals surface area contributed by atoms with Crippen LogP contribution in [0.5, 0.6) is 0 Å². The van der Waals surface area contributed by atoms with Crippen molar-refractivity contribution in [2.75, 3.05) is 13.1 Å². The Bertz CT molecular complexity index is 355. The van der Waals surface area contributed by atoms with E-state index in [9.17, 15) is 13.2 Å². The molecule has 1 N–H and O–H groups in total. The van der Waals surface area contributed by atoms with Crippen molar-refractivity contribution in [2.24, 2.45) is 5.92 Å². The third-order valence-corrected chi connectivity index (χ3v) is 3.21. The van der Waals surface area contributed by atoms with Gasteiger partial charge in [0.15, 0.2) is 0 Å². The summed E-state index contributed by atoms with van der Waals surface area (Å²) in [5.74, 6) is -3.34. The summed E-state index contributed by atoms with van der Waals surface area (Å²) in [6.45, 7) is 1.56. The van der Waals surface area contributed by atoms with Gasteiger partial charge in [-0.3, -0.25) is 0 Å². The van der Waals surface area contributed by atoms with Crippen LogP contribution in [0.2, 0.25) is 0 Å². The average molecular weight is 243 g/mol. The van der Waals surface area contributed by atoms with Crippen LogP contribution in [0.15, 0.2) is 24.3 Å². The molecule has 0 spiro atoms. The number of hydrogen-bond acceptors (Lipinski definition) is 1. The number of nitrogens with one attached hydrogen (secondary N) is 1. The number of halogens is 3. The lowest BCUT2D eigenvalue weighted by molar-refractivity contribution is -0.0318. The molecule has 0 radical (unpaired) electrons. The van der Waals surface area contributed by atoms with Gasteiger partial charge in [-0.25, -0.2) is 13.2 Å². The van der Waals surface area contributed by atoms with Crippen LogP contribution in [-0.2, 0) is 5.92 Å². The SMILES string of the molecule is Fc1ccc(C(F)(F)CC2CCCNC2)cc1. The molecule has 1 fully saturated rings. The van der Waals surface area contributed by atoms with Crippen LogP contribution in [-0.4, -0.2) is 13.1 Å². The van der Waals surface area contributed by atoms with Crippen LogP contribution in [0.4, 0.5) is 13.2 Å². The van der Waals surface area contributed by atoms with E-state index in [1.54, 1.807) is 0 Å². The monoisotopic (exact) mass is 243 g/mol. The summed E-state index contributed by atoms with van der Waals surface area (Å²) in [6, 6.07) is 4.52. The normalized spacial score (nSPS) is 21.5. The number of rotatable bonds is 3. The first-order chi connectivity index (χ1) is 8.08. The molecule has 1 saturated heterocycles. The van der Waals surface area contributed by atoms with E-state index in [1.807, 2.05) is 0 Å². The first-order valence-corrected chi connectivity index (χ1v) is 5.92. The van der Waals surface area contributed by atoms with Crippen molar-refractivity contribution in [1.82, 2.24) is 5.32 Å². The van der Waals surface area contributed by atoms with Crippen molar-refractivity contribution in [1.29, 1.82) is 0 Å². The molecule has 1 heterocycles. The Labute approximate surface area is 99.0 Å². The lowest BCUT2D eigenvalue weighted by Gasteiger charge is -2.27. The number of hydrogen-bond donors (Lipinski definition) is 1. The molecule has 1 aromatic rings. The van der Waals surface area contributed by atoms with Gasteiger partial charge in [0.25, 0.3) is 5.92 Å². The zero-order valence-corrected chi connectivity index (χ0v) is 9.56. The van der Waals surface area contributed by atoms with Crippen molar-refractivity contribution in [3.63, 3.8) is 0 Å². The Kier molecular flexibility index (Phi) is 3.72. The molecule has 17 heavy (non-hydrogen) atoms. The summed E-state index contributed by atoms with van der Waals surface area (Å²) in [5.41, 5.74) is -0.0931. The highest BCUT2D eigenvalue weighted by molar-refractivity contribution is 5.21. The minimum atomic E-state index is -2.86. The van der Waals surface area contributed by atoms with Gasteiger partial charge in [0.1, 0.15) is 5.82 Å². The first-order valence-electron chi connectivity index (χ1n) is 5.92. The molecular weight excluding hydrogens is 227 g/mol. The third kappa shape index (κ3) is 3.22. The molecule has 0 aromatic heterocycles. The van der Waals surface area contributed by atoms with Gasteiger partial charge in [-0.1, -0.05) is 12.1 Å². The van der Waals surface area contributed by atoms with E-state index in [1.165, 1.54) is 12.1 Å². The minimum Gasteiger partial charge on any atom is -0.316 e. The molecule has 0 aliphatic carbocycles. The molecule has 1 aliphatic rings. The van der Waals surface area contributed by atoms with Crippen molar-refractivity contribution < 1.29 is 13.2 Å². The van der Waals surface area contributed by atoms with Crippen LogP contribution in [0.25, 0.3) is 0 Å². The van der Waals surface area contributed by atoms with Crippen molar-refractivity contribution >= 4 is 0 Å². The summed E-state index contributed by atoms with van der Waals surface area (Å²) < 4.78 is 40.5. The second kappa shape index (κ2) is 5.08. The van der Waals surface area contributed by atoms with E-state index >= 15 is 0 Å². The van der Waals surface area contributed by atoms with Gasteiger partial charge in [-0.2, -0.15) is 0 Å². The van der Waals surface area contributed by atoms with Crippen LogP contribution < -0.4 is 5.32 Å². The summed E-state index contributed by atoms with van der Waals surface area (Å²) in [7, 11) is 0. The highest BCUT2D eigenvalue weighted by Gasteiger charge is 2.35. The Hall–Kier alpha value is -1.03. The second-order valence-electron chi connectivity index (χ2n) is 4.63. The summed E-state index contributed by atoms with van der Waals surface area (Å²) >= 11 is 0. The molecule has 1 unspecified atom stereocenters. The van der Waals surface area contributed by atoms with Gasteiger partial charge in [0.05, 0.1) is 0 Å². The molecule has 1 nitrogen and oxygen atoms in total. The topological polar surface area (TPSA) is 12.0 Å². The van der Waals surface area contributed by atoms with E-state index < -0.39 is 11.7 Å². The van der Waals surface area contributed by atoms with Crippen molar-refractivity contribution in [3.8, 4) is 0 Å². The van der Waals surface area contributed by atoms with Gasteiger partial charge >= 0.3 is 0 Å². The number of benzene rings is 1. The highest BCUT2D eigenvalue weighted by Crippen LogP contribution is 2.36. The predicted octanol–water partition coefficient (Wildman–Crippen LogP) is 3.31. The predicted molar refractivity (Wildman–Crippen MR) is 60.5 cm³/mol. The fourth-order valence-corrected chi connectivity index (χ4v) is 2.27. The third-order valence-electron chi connectivity index (χ3n) is 3.21. The van der Waals surface area contributed by atoms with Crippen LogP contribution >= 0.6 is 0 Å². The molecule has 0 bridgehead atoms.